The van der Waals surface area contributed by atoms with E-state index >= 15 is 0 Å². The molecule has 1 saturated heterocycles. The summed E-state index contributed by atoms with van der Waals surface area (Å²) in [6, 6.07) is 7.19. The smallest absolute Gasteiger partial charge is 0.325 e. The van der Waals surface area contributed by atoms with Gasteiger partial charge < -0.3 is 10.6 Å². The van der Waals surface area contributed by atoms with Gasteiger partial charge in [-0.15, -0.1) is 0 Å². The minimum absolute atomic E-state index is 0.248. The Kier molecular flexibility index (Phi) is 7.39. The highest BCUT2D eigenvalue weighted by atomic mass is 16.2. The summed E-state index contributed by atoms with van der Waals surface area (Å²) < 4.78 is 0. The fourth-order valence-corrected chi connectivity index (χ4v) is 3.31. The molecule has 2 N–H and O–H groups in total. The van der Waals surface area contributed by atoms with E-state index < -0.39 is 17.5 Å². The molecule has 148 valence electrons. The van der Waals surface area contributed by atoms with Gasteiger partial charge in [0.1, 0.15) is 12.1 Å². The van der Waals surface area contributed by atoms with E-state index in [2.05, 4.69) is 24.5 Å². The number of imide groups is 1. The molecule has 1 aromatic rings. The van der Waals surface area contributed by atoms with Crippen molar-refractivity contribution in [2.45, 2.75) is 64.8 Å². The number of hydrogen-bond acceptors (Lipinski definition) is 3. The van der Waals surface area contributed by atoms with Gasteiger partial charge in [-0.1, -0.05) is 63.8 Å². The molecule has 0 radical (unpaired) electrons. The maximum atomic E-state index is 12.9. The van der Waals surface area contributed by atoms with Crippen LogP contribution in [0.2, 0.25) is 0 Å². The summed E-state index contributed by atoms with van der Waals surface area (Å²) in [5.41, 5.74) is 0.785. The highest BCUT2D eigenvalue weighted by Gasteiger charge is 2.49. The maximum Gasteiger partial charge on any atom is 0.325 e. The number of rotatable bonds is 10. The van der Waals surface area contributed by atoms with Crippen LogP contribution in [0.4, 0.5) is 4.79 Å². The number of unbranched alkanes of at least 4 members (excludes halogenated alkanes) is 3. The van der Waals surface area contributed by atoms with Crippen LogP contribution in [0.25, 0.3) is 0 Å². The zero-order chi connectivity index (χ0) is 19.9. The van der Waals surface area contributed by atoms with Crippen molar-refractivity contribution in [2.75, 3.05) is 13.1 Å². The molecule has 2 rings (SSSR count). The molecule has 1 aliphatic rings. The van der Waals surface area contributed by atoms with E-state index in [1.807, 2.05) is 24.3 Å². The zero-order valence-corrected chi connectivity index (χ0v) is 16.6. The number of aryl methyl sites for hydroxylation is 1. The lowest BCUT2D eigenvalue weighted by atomic mass is 9.91. The summed E-state index contributed by atoms with van der Waals surface area (Å²) in [6.45, 7) is 6.25. The van der Waals surface area contributed by atoms with Crippen molar-refractivity contribution < 1.29 is 14.4 Å². The van der Waals surface area contributed by atoms with Gasteiger partial charge in [-0.2, -0.15) is 0 Å². The molecule has 0 bridgehead atoms. The Labute approximate surface area is 161 Å². The molecule has 6 heteroatoms. The van der Waals surface area contributed by atoms with Crippen LogP contribution in [-0.2, 0) is 21.5 Å². The Balaban J connectivity index is 1.97. The van der Waals surface area contributed by atoms with Crippen molar-refractivity contribution in [3.05, 3.63) is 35.4 Å². The fraction of sp³-hybridized carbons (Fsp3) is 0.571. The van der Waals surface area contributed by atoms with E-state index in [1.165, 1.54) is 5.56 Å². The lowest BCUT2D eigenvalue weighted by Gasteiger charge is -2.22. The van der Waals surface area contributed by atoms with Crippen LogP contribution < -0.4 is 10.6 Å². The molecule has 27 heavy (non-hydrogen) atoms. The molecule has 1 aromatic carbocycles. The average Bonchev–Trinajstić information content (AvgIpc) is 2.86. The van der Waals surface area contributed by atoms with Crippen molar-refractivity contribution in [3.8, 4) is 0 Å². The van der Waals surface area contributed by atoms with Gasteiger partial charge in [0.2, 0.25) is 5.91 Å². The summed E-state index contributed by atoms with van der Waals surface area (Å²) in [4.78, 5) is 38.3. The summed E-state index contributed by atoms with van der Waals surface area (Å²) in [5, 5.41) is 5.53. The summed E-state index contributed by atoms with van der Waals surface area (Å²) >= 11 is 0. The van der Waals surface area contributed by atoms with Crippen molar-refractivity contribution in [1.82, 2.24) is 15.5 Å². The van der Waals surface area contributed by atoms with Gasteiger partial charge >= 0.3 is 6.03 Å². The number of nitrogens with zero attached hydrogens (tertiary/aromatic N) is 1. The third-order valence-corrected chi connectivity index (χ3v) is 5.00. The van der Waals surface area contributed by atoms with Crippen LogP contribution in [0.15, 0.2) is 24.3 Å². The molecule has 0 aromatic heterocycles. The number of urea groups is 1. The molecule has 4 amide bonds. The monoisotopic (exact) mass is 373 g/mol. The Hall–Kier alpha value is -2.37. The number of hydrogen-bond donors (Lipinski definition) is 2. The second-order valence-corrected chi connectivity index (χ2v) is 7.30. The van der Waals surface area contributed by atoms with Gasteiger partial charge in [0, 0.05) is 6.54 Å². The summed E-state index contributed by atoms with van der Waals surface area (Å²) in [7, 11) is 0. The van der Waals surface area contributed by atoms with Crippen LogP contribution in [0.5, 0.6) is 0 Å². The lowest BCUT2D eigenvalue weighted by molar-refractivity contribution is -0.134. The van der Waals surface area contributed by atoms with Gasteiger partial charge in [0.15, 0.2) is 0 Å². The van der Waals surface area contributed by atoms with E-state index in [4.69, 9.17) is 0 Å². The maximum absolute atomic E-state index is 12.9. The highest BCUT2D eigenvalue weighted by molar-refractivity contribution is 6.09. The normalized spacial score (nSPS) is 19.3. The van der Waals surface area contributed by atoms with Gasteiger partial charge in [-0.05, 0) is 30.9 Å². The van der Waals surface area contributed by atoms with Crippen molar-refractivity contribution >= 4 is 17.8 Å². The molecular weight excluding hydrogens is 342 g/mol. The molecular formula is C21H31N3O3. The third kappa shape index (κ3) is 5.08. The fourth-order valence-electron chi connectivity index (χ4n) is 3.31. The molecule has 1 atom stereocenters. The minimum Gasteiger partial charge on any atom is -0.355 e. The Morgan fingerprint density at radius 2 is 1.78 bits per heavy atom. The molecule has 6 nitrogen and oxygen atoms in total. The highest BCUT2D eigenvalue weighted by Crippen LogP contribution is 2.29. The van der Waals surface area contributed by atoms with Crippen LogP contribution in [-0.4, -0.2) is 35.8 Å². The predicted molar refractivity (Wildman–Crippen MR) is 105 cm³/mol. The van der Waals surface area contributed by atoms with Gasteiger partial charge in [-0.3, -0.25) is 14.5 Å². The van der Waals surface area contributed by atoms with Crippen LogP contribution in [0, 0.1) is 0 Å². The van der Waals surface area contributed by atoms with E-state index in [9.17, 15) is 14.4 Å². The first-order valence-electron chi connectivity index (χ1n) is 9.92. The SMILES string of the molecule is CCCCCCNC(=O)CN1C(=O)NC(C)(c2ccc(CCC)cc2)C1=O. The molecule has 0 aliphatic carbocycles. The second kappa shape index (κ2) is 9.53. The van der Waals surface area contributed by atoms with Crippen molar-refractivity contribution in [3.63, 3.8) is 0 Å². The van der Waals surface area contributed by atoms with Crippen molar-refractivity contribution in [2.24, 2.45) is 0 Å². The van der Waals surface area contributed by atoms with E-state index in [0.29, 0.717) is 6.54 Å². The second-order valence-electron chi connectivity index (χ2n) is 7.30. The van der Waals surface area contributed by atoms with Crippen LogP contribution in [0.1, 0.15) is 64.0 Å². The first kappa shape index (κ1) is 20.9. The van der Waals surface area contributed by atoms with Crippen molar-refractivity contribution in [1.29, 1.82) is 0 Å². The molecule has 0 saturated carbocycles. The topological polar surface area (TPSA) is 78.5 Å². The van der Waals surface area contributed by atoms with Gasteiger partial charge in [-0.25, -0.2) is 4.79 Å². The average molecular weight is 373 g/mol. The Morgan fingerprint density at radius 1 is 1.07 bits per heavy atom. The Bertz CT molecular complexity index is 672. The molecule has 1 heterocycles. The van der Waals surface area contributed by atoms with E-state index in [-0.39, 0.29) is 12.5 Å². The zero-order valence-electron chi connectivity index (χ0n) is 16.6. The molecule has 0 spiro atoms. The number of carbonyl (C=O) groups is 3. The molecule has 1 aliphatic heterocycles. The number of carbonyl (C=O) groups excluding carboxylic acids is 3. The van der Waals surface area contributed by atoms with Crippen LogP contribution in [0.3, 0.4) is 0 Å². The first-order chi connectivity index (χ1) is 12.9. The van der Waals surface area contributed by atoms with E-state index in [0.717, 1.165) is 49.0 Å². The number of nitrogens with one attached hydrogen (secondary N) is 2. The molecule has 1 fully saturated rings. The quantitative estimate of drug-likeness (QED) is 0.489. The summed E-state index contributed by atoms with van der Waals surface area (Å²) in [6.07, 6.45) is 6.26. The molecule has 1 unspecified atom stereocenters. The van der Waals surface area contributed by atoms with Crippen LogP contribution >= 0.6 is 0 Å². The van der Waals surface area contributed by atoms with E-state index in [1.54, 1.807) is 6.92 Å². The minimum atomic E-state index is -1.14. The number of amides is 4. The first-order valence-corrected chi connectivity index (χ1v) is 9.92. The number of benzene rings is 1. The van der Waals surface area contributed by atoms with Gasteiger partial charge in [0.05, 0.1) is 0 Å². The predicted octanol–water partition coefficient (Wildman–Crippen LogP) is 3.10. The largest absolute Gasteiger partial charge is 0.355 e. The summed E-state index contributed by atoms with van der Waals surface area (Å²) in [5.74, 6) is -0.700. The Morgan fingerprint density at radius 3 is 2.41 bits per heavy atom. The lowest BCUT2D eigenvalue weighted by Crippen LogP contribution is -2.43. The third-order valence-electron chi connectivity index (χ3n) is 5.00. The van der Waals surface area contributed by atoms with Gasteiger partial charge in [0.25, 0.3) is 5.91 Å². The standard InChI is InChI=1S/C21H31N3O3/c1-4-6-7-8-14-22-18(25)15-24-19(26)21(3,23-20(24)27)17-12-10-16(9-5-2)11-13-17/h10-13H,4-9,14-15H2,1-3H3,(H,22,25)(H,23,27).